The molecule has 0 saturated carbocycles. The summed E-state index contributed by atoms with van der Waals surface area (Å²) in [6.45, 7) is 8.30. The van der Waals surface area contributed by atoms with E-state index in [4.69, 9.17) is 22.0 Å². The highest BCUT2D eigenvalue weighted by atomic mass is 32.2. The molecule has 1 aromatic heterocycles. The molecule has 3 rings (SSSR count). The van der Waals surface area contributed by atoms with Crippen molar-refractivity contribution >= 4 is 40.8 Å². The van der Waals surface area contributed by atoms with Crippen molar-refractivity contribution in [3.63, 3.8) is 0 Å². The highest BCUT2D eigenvalue weighted by Gasteiger charge is 2.22. The average Bonchev–Trinajstić information content (AvgIpc) is 2.95. The highest BCUT2D eigenvalue weighted by molar-refractivity contribution is 7.99. The van der Waals surface area contributed by atoms with E-state index in [-0.39, 0.29) is 29.4 Å². The number of benzene rings is 2. The maximum Gasteiger partial charge on any atom is 0.271 e. The Hall–Kier alpha value is -4.42. The first-order chi connectivity index (χ1) is 19.4. The van der Waals surface area contributed by atoms with Crippen molar-refractivity contribution in [3.8, 4) is 5.75 Å². The van der Waals surface area contributed by atoms with Gasteiger partial charge in [-0.25, -0.2) is 5.84 Å². The van der Waals surface area contributed by atoms with Crippen molar-refractivity contribution in [2.45, 2.75) is 39.7 Å². The Bertz CT molecular complexity index is 1440. The standard InChI is InChI=1S/C29H38N8O3S/c1-17-9-10-19(27(38)35-21-13-20(29(2,3)4)14-22(36-41-6)25(21)40-5)12-23(17)37(32)26(31)24(30)28(39)34-16-18-8-7-11-33-15-18/h7-15,36H,16,30-32H2,1-6H3,(H,34,39)(H,35,38)/b26-24-. The van der Waals surface area contributed by atoms with Crippen molar-refractivity contribution in [3.05, 3.63) is 88.6 Å². The van der Waals surface area contributed by atoms with E-state index in [1.807, 2.05) is 24.5 Å². The molecule has 0 bridgehead atoms. The van der Waals surface area contributed by atoms with E-state index in [1.54, 1.807) is 50.7 Å². The van der Waals surface area contributed by atoms with Crippen LogP contribution in [-0.2, 0) is 16.8 Å². The monoisotopic (exact) mass is 578 g/mol. The summed E-state index contributed by atoms with van der Waals surface area (Å²) in [5, 5.41) is 6.75. The number of methoxy groups -OCH3 is 1. The summed E-state index contributed by atoms with van der Waals surface area (Å²) in [4.78, 5) is 30.1. The summed E-state index contributed by atoms with van der Waals surface area (Å²) in [5.74, 6) is 5.66. The Morgan fingerprint density at radius 2 is 1.80 bits per heavy atom. The van der Waals surface area contributed by atoms with Gasteiger partial charge < -0.3 is 31.6 Å². The largest absolute Gasteiger partial charge is 0.492 e. The average molecular weight is 579 g/mol. The lowest BCUT2D eigenvalue weighted by Crippen LogP contribution is -2.41. The second kappa shape index (κ2) is 13.3. The number of carbonyl (C=O) groups excluding carboxylic acids is 2. The number of nitrogens with two attached hydrogens (primary N) is 3. The first-order valence-electron chi connectivity index (χ1n) is 12.8. The number of anilines is 3. The predicted molar refractivity (Wildman–Crippen MR) is 166 cm³/mol. The number of ether oxygens (including phenoxy) is 1. The van der Waals surface area contributed by atoms with Crippen LogP contribution in [0, 0.1) is 6.92 Å². The van der Waals surface area contributed by atoms with Gasteiger partial charge in [-0.1, -0.05) is 44.9 Å². The van der Waals surface area contributed by atoms with Crippen LogP contribution in [0.25, 0.3) is 0 Å². The quantitative estimate of drug-likeness (QED) is 0.0900. The minimum absolute atomic E-state index is 0.165. The van der Waals surface area contributed by atoms with Gasteiger partial charge in [-0.3, -0.25) is 19.6 Å². The number of amides is 2. The molecule has 0 aliphatic rings. The van der Waals surface area contributed by atoms with Crippen molar-refractivity contribution in [2.24, 2.45) is 17.3 Å². The zero-order valence-electron chi connectivity index (χ0n) is 24.2. The molecule has 0 fully saturated rings. The minimum Gasteiger partial charge on any atom is -0.492 e. The Balaban J connectivity index is 1.88. The minimum atomic E-state index is -0.589. The Morgan fingerprint density at radius 3 is 2.41 bits per heavy atom. The molecule has 2 aromatic carbocycles. The number of hydrogen-bond donors (Lipinski definition) is 6. The fourth-order valence-electron chi connectivity index (χ4n) is 3.92. The zero-order valence-corrected chi connectivity index (χ0v) is 25.0. The molecule has 11 nitrogen and oxygen atoms in total. The molecular weight excluding hydrogens is 540 g/mol. The smallest absolute Gasteiger partial charge is 0.271 e. The fourth-order valence-corrected chi connectivity index (χ4v) is 4.29. The van der Waals surface area contributed by atoms with Crippen LogP contribution in [0.3, 0.4) is 0 Å². The van der Waals surface area contributed by atoms with Gasteiger partial charge in [0.05, 0.1) is 24.2 Å². The molecular formula is C29H38N8O3S. The van der Waals surface area contributed by atoms with Crippen molar-refractivity contribution in [1.82, 2.24) is 10.3 Å². The van der Waals surface area contributed by atoms with Gasteiger partial charge >= 0.3 is 0 Å². The van der Waals surface area contributed by atoms with Crippen LogP contribution in [0.15, 0.2) is 66.4 Å². The van der Waals surface area contributed by atoms with Crippen LogP contribution < -0.4 is 42.4 Å². The van der Waals surface area contributed by atoms with Crippen LogP contribution in [-0.4, -0.2) is 30.2 Å². The summed E-state index contributed by atoms with van der Waals surface area (Å²) in [7, 11) is 1.55. The van der Waals surface area contributed by atoms with E-state index >= 15 is 0 Å². The zero-order chi connectivity index (χ0) is 30.3. The third kappa shape index (κ3) is 7.62. The first kappa shape index (κ1) is 31.1. The number of hydrazine groups is 1. The molecule has 12 heteroatoms. The van der Waals surface area contributed by atoms with Gasteiger partial charge in [0.2, 0.25) is 0 Å². The molecule has 0 spiro atoms. The van der Waals surface area contributed by atoms with E-state index in [9.17, 15) is 9.59 Å². The highest BCUT2D eigenvalue weighted by Crippen LogP contribution is 2.39. The second-order valence-electron chi connectivity index (χ2n) is 10.3. The number of hydrogen-bond acceptors (Lipinski definition) is 10. The summed E-state index contributed by atoms with van der Waals surface area (Å²) >= 11 is 1.42. The van der Waals surface area contributed by atoms with E-state index in [0.29, 0.717) is 28.3 Å². The van der Waals surface area contributed by atoms with Crippen molar-refractivity contribution in [1.29, 1.82) is 0 Å². The maximum atomic E-state index is 13.4. The molecule has 41 heavy (non-hydrogen) atoms. The van der Waals surface area contributed by atoms with Gasteiger partial charge in [0.25, 0.3) is 11.8 Å². The second-order valence-corrected chi connectivity index (χ2v) is 10.9. The van der Waals surface area contributed by atoms with Crippen LogP contribution >= 0.6 is 11.9 Å². The summed E-state index contributed by atoms with van der Waals surface area (Å²) in [6, 6.07) is 12.5. The van der Waals surface area contributed by atoms with Gasteiger partial charge in [0.1, 0.15) is 11.5 Å². The van der Waals surface area contributed by atoms with Crippen LogP contribution in [0.4, 0.5) is 17.1 Å². The molecule has 1 heterocycles. The van der Waals surface area contributed by atoms with Gasteiger partial charge in [-0.15, -0.1) is 0 Å². The SMILES string of the molecule is COc1c(NSC)cc(C(C)(C)C)cc1NC(=O)c1ccc(C)c(N(N)/C(N)=C(\N)C(=O)NCc2cccnc2)c1. The number of aryl methyl sites for hydroxylation is 1. The molecule has 3 aromatic rings. The molecule has 0 unspecified atom stereocenters. The summed E-state index contributed by atoms with van der Waals surface area (Å²) in [5.41, 5.74) is 16.3. The van der Waals surface area contributed by atoms with Crippen LogP contribution in [0.2, 0.25) is 0 Å². The van der Waals surface area contributed by atoms with E-state index in [0.717, 1.165) is 21.8 Å². The van der Waals surface area contributed by atoms with Crippen LogP contribution in [0.1, 0.15) is 47.8 Å². The molecule has 0 radical (unpaired) electrons. The van der Waals surface area contributed by atoms with Gasteiger partial charge in [-0.2, -0.15) is 0 Å². The fraction of sp³-hybridized carbons (Fsp3) is 0.276. The number of nitrogens with one attached hydrogen (secondary N) is 3. The molecule has 9 N–H and O–H groups in total. The molecule has 2 amide bonds. The number of aromatic nitrogens is 1. The van der Waals surface area contributed by atoms with Crippen LogP contribution in [0.5, 0.6) is 5.75 Å². The Labute approximate surface area is 245 Å². The van der Waals surface area contributed by atoms with Gasteiger partial charge in [-0.05, 0) is 59.4 Å². The third-order valence-electron chi connectivity index (χ3n) is 6.31. The molecule has 0 aliphatic carbocycles. The van der Waals surface area contributed by atoms with E-state index in [2.05, 4.69) is 41.1 Å². The van der Waals surface area contributed by atoms with E-state index in [1.165, 1.54) is 11.9 Å². The summed E-state index contributed by atoms with van der Waals surface area (Å²) < 4.78 is 8.87. The lowest BCUT2D eigenvalue weighted by atomic mass is 9.86. The molecule has 218 valence electrons. The number of rotatable bonds is 10. The normalized spacial score (nSPS) is 11.8. The Kier molecular flexibility index (Phi) is 10.1. The third-order valence-corrected chi connectivity index (χ3v) is 6.73. The number of carbonyl (C=O) groups is 2. The molecule has 0 saturated heterocycles. The predicted octanol–water partition coefficient (Wildman–Crippen LogP) is 3.72. The first-order valence-corrected chi connectivity index (χ1v) is 14.0. The van der Waals surface area contributed by atoms with Gasteiger partial charge in [0, 0.05) is 30.8 Å². The maximum absolute atomic E-state index is 13.4. The molecule has 0 atom stereocenters. The topological polar surface area (TPSA) is 174 Å². The van der Waals surface area contributed by atoms with E-state index < -0.39 is 5.91 Å². The van der Waals surface area contributed by atoms with Crippen molar-refractivity contribution < 1.29 is 14.3 Å². The molecule has 0 aliphatic heterocycles. The summed E-state index contributed by atoms with van der Waals surface area (Å²) in [6.07, 6.45) is 5.18. The number of pyridine rings is 1. The number of nitrogens with zero attached hydrogens (tertiary/aromatic N) is 2. The Morgan fingerprint density at radius 1 is 1.10 bits per heavy atom. The lowest BCUT2D eigenvalue weighted by molar-refractivity contribution is -0.117. The van der Waals surface area contributed by atoms with Gasteiger partial charge in [0.15, 0.2) is 5.75 Å². The van der Waals surface area contributed by atoms with Crippen molar-refractivity contribution in [2.75, 3.05) is 28.4 Å². The lowest BCUT2D eigenvalue weighted by Gasteiger charge is -2.24.